The average Bonchev–Trinajstić information content (AvgIpc) is 2.61. The van der Waals surface area contributed by atoms with Crippen molar-refractivity contribution in [2.45, 2.75) is 46.1 Å². The van der Waals surface area contributed by atoms with Crippen molar-refractivity contribution in [2.75, 3.05) is 20.2 Å². The van der Waals surface area contributed by atoms with Crippen molar-refractivity contribution in [3.05, 3.63) is 29.3 Å². The number of benzene rings is 1. The largest absolute Gasteiger partial charge is 0.481 e. The number of hydrogen-bond acceptors (Lipinski definition) is 4. The highest BCUT2D eigenvalue weighted by atomic mass is 16.5. The smallest absolute Gasteiger partial charge is 0.308 e. The molecule has 0 radical (unpaired) electrons. The minimum absolute atomic E-state index is 0.000885. The number of ether oxygens (including phenoxy) is 2. The van der Waals surface area contributed by atoms with Crippen molar-refractivity contribution in [3.8, 4) is 5.75 Å². The van der Waals surface area contributed by atoms with Gasteiger partial charge in [0.15, 0.2) is 6.10 Å². The Morgan fingerprint density at radius 1 is 1.21 bits per heavy atom. The minimum atomic E-state index is -0.484. The number of aryl methyl sites for hydroxylation is 2. The normalized spacial score (nSPS) is 16.6. The summed E-state index contributed by atoms with van der Waals surface area (Å²) in [5, 5.41) is 0. The van der Waals surface area contributed by atoms with Gasteiger partial charge in [-0.2, -0.15) is 0 Å². The van der Waals surface area contributed by atoms with Crippen LogP contribution in [0.5, 0.6) is 5.75 Å². The first-order valence-electron chi connectivity index (χ1n) is 8.56. The fraction of sp³-hybridized carbons (Fsp3) is 0.579. The van der Waals surface area contributed by atoms with Crippen molar-refractivity contribution in [3.63, 3.8) is 0 Å². The molecule has 2 rings (SSSR count). The molecule has 0 aliphatic carbocycles. The molecule has 0 N–H and O–H groups in total. The number of amides is 1. The molecule has 0 aromatic heterocycles. The van der Waals surface area contributed by atoms with Crippen LogP contribution in [-0.2, 0) is 14.3 Å². The van der Waals surface area contributed by atoms with E-state index in [4.69, 9.17) is 9.47 Å². The minimum Gasteiger partial charge on any atom is -0.481 e. The second-order valence-electron chi connectivity index (χ2n) is 6.38. The van der Waals surface area contributed by atoms with Gasteiger partial charge in [0.05, 0.1) is 13.0 Å². The zero-order valence-corrected chi connectivity index (χ0v) is 15.0. The van der Waals surface area contributed by atoms with E-state index in [-0.39, 0.29) is 17.8 Å². The molecule has 24 heavy (non-hydrogen) atoms. The quantitative estimate of drug-likeness (QED) is 0.778. The number of esters is 1. The third-order valence-electron chi connectivity index (χ3n) is 4.74. The van der Waals surface area contributed by atoms with Gasteiger partial charge in [-0.1, -0.05) is 13.0 Å². The maximum atomic E-state index is 12.7. The molecule has 1 aliphatic rings. The summed E-state index contributed by atoms with van der Waals surface area (Å²) in [5.74, 6) is 0.446. The molecule has 1 fully saturated rings. The predicted molar refractivity (Wildman–Crippen MR) is 91.9 cm³/mol. The van der Waals surface area contributed by atoms with E-state index >= 15 is 0 Å². The first-order valence-corrected chi connectivity index (χ1v) is 8.56. The van der Waals surface area contributed by atoms with E-state index in [2.05, 4.69) is 0 Å². The zero-order valence-electron chi connectivity index (χ0n) is 15.0. The lowest BCUT2D eigenvalue weighted by molar-refractivity contribution is -0.150. The summed E-state index contributed by atoms with van der Waals surface area (Å²) in [6.07, 6.45) is 1.43. The molecule has 1 aromatic carbocycles. The monoisotopic (exact) mass is 333 g/mol. The molecule has 1 aliphatic heterocycles. The summed E-state index contributed by atoms with van der Waals surface area (Å²) >= 11 is 0. The predicted octanol–water partition coefficient (Wildman–Crippen LogP) is 2.87. The Balaban J connectivity index is 1.96. The van der Waals surface area contributed by atoms with Gasteiger partial charge in [0.1, 0.15) is 5.75 Å². The Bertz CT molecular complexity index is 591. The van der Waals surface area contributed by atoms with Crippen molar-refractivity contribution in [1.82, 2.24) is 4.90 Å². The van der Waals surface area contributed by atoms with Crippen LogP contribution in [0.25, 0.3) is 0 Å². The number of rotatable bonds is 5. The maximum Gasteiger partial charge on any atom is 0.308 e. The Morgan fingerprint density at radius 3 is 2.42 bits per heavy atom. The Kier molecular flexibility index (Phi) is 6.23. The molecule has 1 saturated heterocycles. The lowest BCUT2D eigenvalue weighted by atomic mass is 9.96. The maximum absolute atomic E-state index is 12.7. The first kappa shape index (κ1) is 18.3. The molecule has 0 saturated carbocycles. The number of likely N-dealkylation sites (tertiary alicyclic amines) is 1. The molecule has 1 aromatic rings. The first-order chi connectivity index (χ1) is 11.5. The number of carbonyl (C=O) groups is 2. The Labute approximate surface area is 143 Å². The van der Waals surface area contributed by atoms with Crippen LogP contribution < -0.4 is 4.74 Å². The standard InChI is InChI=1S/C19H27NO4/c1-5-17(24-16-7-6-13(2)14(3)12-16)18(21)20-10-8-15(9-11-20)19(22)23-4/h6-7,12,15,17H,5,8-11H2,1-4H3/t17-/m1/s1. The van der Waals surface area contributed by atoms with E-state index in [0.717, 1.165) is 11.3 Å². The van der Waals surface area contributed by atoms with Crippen LogP contribution in [0.2, 0.25) is 0 Å². The van der Waals surface area contributed by atoms with Crippen LogP contribution in [0.3, 0.4) is 0 Å². The van der Waals surface area contributed by atoms with Crippen molar-refractivity contribution in [1.29, 1.82) is 0 Å². The van der Waals surface area contributed by atoms with E-state index in [1.807, 2.05) is 39.0 Å². The molecule has 0 bridgehead atoms. The fourth-order valence-electron chi connectivity index (χ4n) is 2.97. The van der Waals surface area contributed by atoms with E-state index < -0.39 is 6.10 Å². The van der Waals surface area contributed by atoms with Gasteiger partial charge >= 0.3 is 5.97 Å². The van der Waals surface area contributed by atoms with E-state index in [1.54, 1.807) is 4.90 Å². The van der Waals surface area contributed by atoms with E-state index in [1.165, 1.54) is 12.7 Å². The van der Waals surface area contributed by atoms with Crippen molar-refractivity contribution >= 4 is 11.9 Å². The van der Waals surface area contributed by atoms with Crippen molar-refractivity contribution in [2.24, 2.45) is 5.92 Å². The summed E-state index contributed by atoms with van der Waals surface area (Å²) in [6, 6.07) is 5.88. The van der Waals surface area contributed by atoms with E-state index in [0.29, 0.717) is 32.4 Å². The summed E-state index contributed by atoms with van der Waals surface area (Å²) in [6.45, 7) is 7.18. The SMILES string of the molecule is CC[C@@H](Oc1ccc(C)c(C)c1)C(=O)N1CCC(C(=O)OC)CC1. The van der Waals surface area contributed by atoms with E-state index in [9.17, 15) is 9.59 Å². The number of hydrogen-bond donors (Lipinski definition) is 0. The highest BCUT2D eigenvalue weighted by Crippen LogP contribution is 2.22. The van der Waals surface area contributed by atoms with Gasteiger partial charge in [-0.05, 0) is 56.4 Å². The van der Waals surface area contributed by atoms with Crippen LogP contribution in [-0.4, -0.2) is 43.1 Å². The molecule has 1 atom stereocenters. The van der Waals surface area contributed by atoms with Gasteiger partial charge in [0.2, 0.25) is 0 Å². The van der Waals surface area contributed by atoms with Crippen LogP contribution in [0.1, 0.15) is 37.3 Å². The van der Waals surface area contributed by atoms with Gasteiger partial charge in [-0.15, -0.1) is 0 Å². The molecule has 5 heteroatoms. The molecular formula is C19H27NO4. The Morgan fingerprint density at radius 2 is 1.88 bits per heavy atom. The summed E-state index contributed by atoms with van der Waals surface area (Å²) in [7, 11) is 1.41. The van der Waals surface area contributed by atoms with Gasteiger partial charge in [-0.25, -0.2) is 0 Å². The highest BCUT2D eigenvalue weighted by molar-refractivity contribution is 5.81. The van der Waals surface area contributed by atoms with Gasteiger partial charge in [-0.3, -0.25) is 9.59 Å². The van der Waals surface area contributed by atoms with Crippen LogP contribution in [0, 0.1) is 19.8 Å². The summed E-state index contributed by atoms with van der Waals surface area (Å²) in [5.41, 5.74) is 2.35. The summed E-state index contributed by atoms with van der Waals surface area (Å²) in [4.78, 5) is 26.1. The zero-order chi connectivity index (χ0) is 17.7. The molecule has 132 valence electrons. The number of methoxy groups -OCH3 is 1. The number of nitrogens with zero attached hydrogens (tertiary/aromatic N) is 1. The van der Waals surface area contributed by atoms with Gasteiger partial charge in [0, 0.05) is 13.1 Å². The molecule has 1 amide bonds. The van der Waals surface area contributed by atoms with Gasteiger partial charge < -0.3 is 14.4 Å². The molecule has 5 nitrogen and oxygen atoms in total. The van der Waals surface area contributed by atoms with Crippen molar-refractivity contribution < 1.29 is 19.1 Å². The third kappa shape index (κ3) is 4.28. The lowest BCUT2D eigenvalue weighted by Crippen LogP contribution is -2.46. The second kappa shape index (κ2) is 8.18. The molecular weight excluding hydrogens is 306 g/mol. The second-order valence-corrected chi connectivity index (χ2v) is 6.38. The third-order valence-corrected chi connectivity index (χ3v) is 4.74. The molecule has 1 heterocycles. The lowest BCUT2D eigenvalue weighted by Gasteiger charge is -2.33. The van der Waals surface area contributed by atoms with Crippen LogP contribution >= 0.6 is 0 Å². The number of carbonyl (C=O) groups excluding carboxylic acids is 2. The fourth-order valence-corrected chi connectivity index (χ4v) is 2.97. The Hall–Kier alpha value is -2.04. The highest BCUT2D eigenvalue weighted by Gasteiger charge is 2.31. The van der Waals surface area contributed by atoms with Gasteiger partial charge in [0.25, 0.3) is 5.91 Å². The topological polar surface area (TPSA) is 55.8 Å². The average molecular weight is 333 g/mol. The van der Waals surface area contributed by atoms with Crippen LogP contribution in [0.4, 0.5) is 0 Å². The molecule has 0 spiro atoms. The molecule has 0 unspecified atom stereocenters. The summed E-state index contributed by atoms with van der Waals surface area (Å²) < 4.78 is 10.7. The van der Waals surface area contributed by atoms with Crippen LogP contribution in [0.15, 0.2) is 18.2 Å². The number of piperidine rings is 1.